The highest BCUT2D eigenvalue weighted by Crippen LogP contribution is 2.14. The number of halogens is 1. The molecule has 0 unspecified atom stereocenters. The average molecular weight is 284 g/mol. The van der Waals surface area contributed by atoms with E-state index in [0.29, 0.717) is 0 Å². The normalized spacial score (nSPS) is 12.5. The smallest absolute Gasteiger partial charge is 0.0715 e. The van der Waals surface area contributed by atoms with Crippen LogP contribution >= 0.6 is 22.6 Å². The number of alkyl halides is 1. The molecule has 0 aromatic heterocycles. The van der Waals surface area contributed by atoms with Crippen LogP contribution in [0, 0.1) is 5.92 Å². The van der Waals surface area contributed by atoms with Crippen LogP contribution in [-0.4, -0.2) is 16.6 Å². The van der Waals surface area contributed by atoms with Crippen LogP contribution in [0.1, 0.15) is 40.5 Å². The van der Waals surface area contributed by atoms with E-state index < -0.39 is 0 Å². The van der Waals surface area contributed by atoms with Crippen molar-refractivity contribution in [1.82, 2.24) is 0 Å². The Kier molecular flexibility index (Phi) is 6.55. The molecule has 0 saturated heterocycles. The summed E-state index contributed by atoms with van der Waals surface area (Å²) in [5.74, 6) is 0.802. The van der Waals surface area contributed by atoms with Crippen molar-refractivity contribution in [3.05, 3.63) is 0 Å². The second-order valence-electron chi connectivity index (χ2n) is 4.28. The van der Waals surface area contributed by atoms with Crippen molar-refractivity contribution in [2.45, 2.75) is 46.1 Å². The Morgan fingerprint density at radius 3 is 2.33 bits per heavy atom. The summed E-state index contributed by atoms with van der Waals surface area (Å²) < 4.78 is 6.78. The molecule has 0 atom stereocenters. The maximum atomic E-state index is 5.72. The summed E-state index contributed by atoms with van der Waals surface area (Å²) in [7, 11) is 0. The summed E-state index contributed by atoms with van der Waals surface area (Å²) in [6.07, 6.45) is 2.47. The van der Waals surface area contributed by atoms with Gasteiger partial charge in [-0.15, -0.1) is 0 Å². The summed E-state index contributed by atoms with van der Waals surface area (Å²) in [5, 5.41) is 0. The van der Waals surface area contributed by atoms with E-state index in [-0.39, 0.29) is 5.60 Å². The van der Waals surface area contributed by atoms with E-state index >= 15 is 0 Å². The standard InChI is InChI=1S/C10H21IO/c1-9(2)6-5-7-12-10(3,4)8-11/h9H,5-8H2,1-4H3. The number of hydrogen-bond donors (Lipinski definition) is 0. The maximum absolute atomic E-state index is 5.72. The molecule has 0 N–H and O–H groups in total. The minimum atomic E-state index is 0.0670. The van der Waals surface area contributed by atoms with Crippen LogP contribution in [0.4, 0.5) is 0 Å². The highest BCUT2D eigenvalue weighted by atomic mass is 127. The van der Waals surface area contributed by atoms with Crippen molar-refractivity contribution in [2.24, 2.45) is 5.92 Å². The quantitative estimate of drug-likeness (QED) is 0.411. The minimum Gasteiger partial charge on any atom is -0.375 e. The molecule has 0 rings (SSSR count). The van der Waals surface area contributed by atoms with E-state index in [1.807, 2.05) is 0 Å². The molecule has 0 aliphatic rings. The molecule has 74 valence electrons. The van der Waals surface area contributed by atoms with Gasteiger partial charge in [-0.1, -0.05) is 36.4 Å². The SMILES string of the molecule is CC(C)CCCOC(C)(C)CI. The van der Waals surface area contributed by atoms with Crippen LogP contribution in [-0.2, 0) is 4.74 Å². The lowest BCUT2D eigenvalue weighted by molar-refractivity contribution is 0.000313. The fourth-order valence-electron chi connectivity index (χ4n) is 0.879. The van der Waals surface area contributed by atoms with Gasteiger partial charge < -0.3 is 4.74 Å². The number of ether oxygens (including phenoxy) is 1. The fraction of sp³-hybridized carbons (Fsp3) is 1.00. The monoisotopic (exact) mass is 284 g/mol. The Balaban J connectivity index is 3.31. The van der Waals surface area contributed by atoms with E-state index in [1.165, 1.54) is 12.8 Å². The molecule has 0 fully saturated rings. The van der Waals surface area contributed by atoms with Crippen LogP contribution in [0.5, 0.6) is 0 Å². The van der Waals surface area contributed by atoms with Gasteiger partial charge in [0.05, 0.1) is 5.60 Å². The van der Waals surface area contributed by atoms with Gasteiger partial charge in [-0.25, -0.2) is 0 Å². The van der Waals surface area contributed by atoms with E-state index in [1.54, 1.807) is 0 Å². The second-order valence-corrected chi connectivity index (χ2v) is 5.04. The maximum Gasteiger partial charge on any atom is 0.0715 e. The molecule has 2 heteroatoms. The predicted octanol–water partition coefficient (Wildman–Crippen LogP) is 3.65. The lowest BCUT2D eigenvalue weighted by Gasteiger charge is -2.22. The molecule has 0 amide bonds. The lowest BCUT2D eigenvalue weighted by atomic mass is 10.1. The first kappa shape index (κ1) is 12.7. The Morgan fingerprint density at radius 2 is 1.92 bits per heavy atom. The summed E-state index contributed by atoms with van der Waals surface area (Å²) in [6.45, 7) is 9.71. The molecule has 0 saturated carbocycles. The third kappa shape index (κ3) is 7.35. The first-order valence-electron chi connectivity index (χ1n) is 4.68. The molecule has 1 nitrogen and oxygen atoms in total. The largest absolute Gasteiger partial charge is 0.375 e. The topological polar surface area (TPSA) is 9.23 Å². The fourth-order valence-corrected chi connectivity index (χ4v) is 1.10. The van der Waals surface area contributed by atoms with Gasteiger partial charge in [-0.3, -0.25) is 0 Å². The molecular formula is C10H21IO. The van der Waals surface area contributed by atoms with Crippen molar-refractivity contribution in [3.8, 4) is 0 Å². The van der Waals surface area contributed by atoms with Gasteiger partial charge in [-0.2, -0.15) is 0 Å². The highest BCUT2D eigenvalue weighted by Gasteiger charge is 2.15. The molecule has 12 heavy (non-hydrogen) atoms. The average Bonchev–Trinajstić information content (AvgIpc) is 1.98. The Morgan fingerprint density at radius 1 is 1.33 bits per heavy atom. The highest BCUT2D eigenvalue weighted by molar-refractivity contribution is 14.1. The Bertz CT molecular complexity index is 110. The zero-order valence-electron chi connectivity index (χ0n) is 8.69. The van der Waals surface area contributed by atoms with E-state index in [9.17, 15) is 0 Å². The molecule has 0 aliphatic heterocycles. The number of hydrogen-bond acceptors (Lipinski definition) is 1. The van der Waals surface area contributed by atoms with Crippen molar-refractivity contribution in [3.63, 3.8) is 0 Å². The summed E-state index contributed by atoms with van der Waals surface area (Å²) in [4.78, 5) is 0. The first-order valence-corrected chi connectivity index (χ1v) is 6.20. The third-order valence-corrected chi connectivity index (χ3v) is 3.58. The van der Waals surface area contributed by atoms with E-state index in [0.717, 1.165) is 17.0 Å². The van der Waals surface area contributed by atoms with Gasteiger partial charge in [0.2, 0.25) is 0 Å². The summed E-state index contributed by atoms with van der Waals surface area (Å²) in [5.41, 5.74) is 0.0670. The molecule has 0 spiro atoms. The van der Waals surface area contributed by atoms with Crippen LogP contribution in [0.25, 0.3) is 0 Å². The lowest BCUT2D eigenvalue weighted by Crippen LogP contribution is -2.26. The van der Waals surface area contributed by atoms with Gasteiger partial charge in [0, 0.05) is 11.0 Å². The van der Waals surface area contributed by atoms with Gasteiger partial charge in [0.15, 0.2) is 0 Å². The molecule has 0 aliphatic carbocycles. The van der Waals surface area contributed by atoms with Gasteiger partial charge in [-0.05, 0) is 32.6 Å². The molecule has 0 bridgehead atoms. The zero-order chi connectivity index (χ0) is 9.61. The molecule has 0 aromatic rings. The molecule has 0 aromatic carbocycles. The Hall–Kier alpha value is 0.690. The van der Waals surface area contributed by atoms with Crippen molar-refractivity contribution >= 4 is 22.6 Å². The van der Waals surface area contributed by atoms with Crippen molar-refractivity contribution in [1.29, 1.82) is 0 Å². The third-order valence-electron chi connectivity index (χ3n) is 1.74. The minimum absolute atomic E-state index is 0.0670. The second kappa shape index (κ2) is 6.19. The zero-order valence-corrected chi connectivity index (χ0v) is 10.8. The van der Waals surface area contributed by atoms with Crippen LogP contribution < -0.4 is 0 Å². The predicted molar refractivity (Wildman–Crippen MR) is 63.0 cm³/mol. The summed E-state index contributed by atoms with van der Waals surface area (Å²) >= 11 is 2.37. The van der Waals surface area contributed by atoms with E-state index in [2.05, 4.69) is 50.3 Å². The van der Waals surface area contributed by atoms with Gasteiger partial charge in [0.25, 0.3) is 0 Å². The molecule has 0 radical (unpaired) electrons. The Labute approximate surface area is 90.4 Å². The first-order chi connectivity index (χ1) is 5.48. The van der Waals surface area contributed by atoms with E-state index in [4.69, 9.17) is 4.74 Å². The van der Waals surface area contributed by atoms with Gasteiger partial charge >= 0.3 is 0 Å². The number of rotatable bonds is 6. The summed E-state index contributed by atoms with van der Waals surface area (Å²) in [6, 6.07) is 0. The molecule has 0 heterocycles. The molecular weight excluding hydrogens is 263 g/mol. The van der Waals surface area contributed by atoms with Crippen LogP contribution in [0.2, 0.25) is 0 Å². The van der Waals surface area contributed by atoms with Crippen molar-refractivity contribution in [2.75, 3.05) is 11.0 Å². The van der Waals surface area contributed by atoms with Crippen LogP contribution in [0.3, 0.4) is 0 Å². The van der Waals surface area contributed by atoms with Crippen LogP contribution in [0.15, 0.2) is 0 Å². The van der Waals surface area contributed by atoms with Gasteiger partial charge in [0.1, 0.15) is 0 Å². The van der Waals surface area contributed by atoms with Crippen molar-refractivity contribution < 1.29 is 4.74 Å².